The Labute approximate surface area is 144 Å². The molecule has 0 amide bonds. The van der Waals surface area contributed by atoms with Crippen LogP contribution in [0.2, 0.25) is 0 Å². The second kappa shape index (κ2) is 6.50. The lowest BCUT2D eigenvalue weighted by molar-refractivity contribution is 0.817. The van der Waals surface area contributed by atoms with Gasteiger partial charge in [-0.2, -0.15) is 5.26 Å². The second-order valence-electron chi connectivity index (χ2n) is 5.71. The first-order valence-electron chi connectivity index (χ1n) is 7.67. The predicted octanol–water partition coefficient (Wildman–Crippen LogP) is 4.01. The fourth-order valence-electron chi connectivity index (χ4n) is 2.47. The van der Waals surface area contributed by atoms with Crippen molar-refractivity contribution in [2.75, 3.05) is 0 Å². The molecule has 0 bridgehead atoms. The zero-order chi connectivity index (χ0) is 17.3. The summed E-state index contributed by atoms with van der Waals surface area (Å²) in [7, 11) is 0. The smallest absolute Gasteiger partial charge is 0.266 e. The Bertz CT molecular complexity index is 1020. The van der Waals surface area contributed by atoms with Gasteiger partial charge in [0.2, 0.25) is 0 Å². The van der Waals surface area contributed by atoms with E-state index in [0.29, 0.717) is 16.1 Å². The van der Waals surface area contributed by atoms with E-state index >= 15 is 0 Å². The minimum Gasteiger partial charge on any atom is -0.268 e. The molecular formula is C19H17N3OS. The maximum Gasteiger partial charge on any atom is 0.266 e. The van der Waals surface area contributed by atoms with Crippen molar-refractivity contribution in [2.45, 2.75) is 31.2 Å². The number of hydrogen-bond acceptors (Lipinski definition) is 4. The molecule has 0 radical (unpaired) electrons. The van der Waals surface area contributed by atoms with Gasteiger partial charge >= 0.3 is 0 Å². The molecule has 1 aromatic heterocycles. The van der Waals surface area contributed by atoms with E-state index in [1.54, 1.807) is 17.6 Å². The molecule has 0 spiro atoms. The van der Waals surface area contributed by atoms with Crippen molar-refractivity contribution >= 4 is 22.7 Å². The molecule has 3 aromatic rings. The maximum absolute atomic E-state index is 13.0. The molecule has 0 aliphatic carbocycles. The van der Waals surface area contributed by atoms with Gasteiger partial charge in [0.25, 0.3) is 5.56 Å². The van der Waals surface area contributed by atoms with Crippen LogP contribution in [0.3, 0.4) is 0 Å². The summed E-state index contributed by atoms with van der Waals surface area (Å²) in [4.78, 5) is 17.7. The average Bonchev–Trinajstić information content (AvgIpc) is 2.58. The third kappa shape index (κ3) is 2.93. The number of rotatable bonds is 3. The standard InChI is InChI=1S/C19H17N3OS/c1-12-8-9-15(10-13(12)2)22-18(23)16-6-4-5-7-17(16)21-19(22)24-14(3)11-20/h4-10,14H,1-3H3. The number of thioether (sulfide) groups is 1. The van der Waals surface area contributed by atoms with Crippen LogP contribution >= 0.6 is 11.8 Å². The topological polar surface area (TPSA) is 58.7 Å². The summed E-state index contributed by atoms with van der Waals surface area (Å²) in [5.41, 5.74) is 3.58. The third-order valence-corrected chi connectivity index (χ3v) is 4.90. The Hall–Kier alpha value is -2.58. The quantitative estimate of drug-likeness (QED) is 0.536. The SMILES string of the molecule is Cc1ccc(-n2c(SC(C)C#N)nc3ccccc3c2=O)cc1C. The number of aryl methyl sites for hydroxylation is 2. The van der Waals surface area contributed by atoms with Crippen molar-refractivity contribution in [1.82, 2.24) is 9.55 Å². The highest BCUT2D eigenvalue weighted by Gasteiger charge is 2.16. The van der Waals surface area contributed by atoms with Crippen LogP contribution in [0.15, 0.2) is 52.4 Å². The molecule has 0 aliphatic rings. The number of para-hydroxylation sites is 1. The molecule has 4 nitrogen and oxygen atoms in total. The van der Waals surface area contributed by atoms with Gasteiger partial charge in [0, 0.05) is 0 Å². The summed E-state index contributed by atoms with van der Waals surface area (Å²) in [6.45, 7) is 5.85. The van der Waals surface area contributed by atoms with Gasteiger partial charge in [-0.3, -0.25) is 9.36 Å². The molecular weight excluding hydrogens is 318 g/mol. The summed E-state index contributed by atoms with van der Waals surface area (Å²) >= 11 is 1.29. The molecule has 5 heteroatoms. The predicted molar refractivity (Wildman–Crippen MR) is 97.7 cm³/mol. The Kier molecular flexibility index (Phi) is 4.41. The molecule has 0 saturated carbocycles. The lowest BCUT2D eigenvalue weighted by Crippen LogP contribution is -2.22. The van der Waals surface area contributed by atoms with Gasteiger partial charge < -0.3 is 0 Å². The van der Waals surface area contributed by atoms with Crippen molar-refractivity contribution in [3.63, 3.8) is 0 Å². The average molecular weight is 335 g/mol. The van der Waals surface area contributed by atoms with E-state index < -0.39 is 0 Å². The molecule has 3 rings (SSSR count). The van der Waals surface area contributed by atoms with Crippen molar-refractivity contribution in [3.8, 4) is 11.8 Å². The number of nitrogens with zero attached hydrogens (tertiary/aromatic N) is 3. The number of fused-ring (bicyclic) bond motifs is 1. The Morgan fingerprint density at radius 1 is 1.17 bits per heavy atom. The largest absolute Gasteiger partial charge is 0.268 e. The summed E-state index contributed by atoms with van der Waals surface area (Å²) in [6.07, 6.45) is 0. The van der Waals surface area contributed by atoms with E-state index in [0.717, 1.165) is 11.3 Å². The molecule has 1 unspecified atom stereocenters. The summed E-state index contributed by atoms with van der Waals surface area (Å²) in [5, 5.41) is 9.95. The monoisotopic (exact) mass is 335 g/mol. The normalized spacial score (nSPS) is 12.1. The third-order valence-electron chi connectivity index (χ3n) is 3.96. The van der Waals surface area contributed by atoms with E-state index in [4.69, 9.17) is 5.26 Å². The highest BCUT2D eigenvalue weighted by Crippen LogP contribution is 2.25. The highest BCUT2D eigenvalue weighted by molar-refractivity contribution is 8.00. The number of hydrogen-bond donors (Lipinski definition) is 0. The van der Waals surface area contributed by atoms with Gasteiger partial charge in [0.15, 0.2) is 5.16 Å². The van der Waals surface area contributed by atoms with Crippen molar-refractivity contribution in [2.24, 2.45) is 0 Å². The van der Waals surface area contributed by atoms with Gasteiger partial charge in [-0.15, -0.1) is 0 Å². The first-order valence-corrected chi connectivity index (χ1v) is 8.55. The van der Waals surface area contributed by atoms with Gasteiger partial charge in [-0.25, -0.2) is 4.98 Å². The van der Waals surface area contributed by atoms with Crippen LogP contribution in [-0.4, -0.2) is 14.8 Å². The molecule has 0 fully saturated rings. The van der Waals surface area contributed by atoms with Crippen LogP contribution in [-0.2, 0) is 0 Å². The fourth-order valence-corrected chi connectivity index (χ4v) is 3.28. The zero-order valence-corrected chi connectivity index (χ0v) is 14.6. The van der Waals surface area contributed by atoms with E-state index in [1.165, 1.54) is 17.3 Å². The van der Waals surface area contributed by atoms with Crippen LogP contribution < -0.4 is 5.56 Å². The molecule has 0 N–H and O–H groups in total. The van der Waals surface area contributed by atoms with Crippen molar-refractivity contribution in [3.05, 3.63) is 63.9 Å². The highest BCUT2D eigenvalue weighted by atomic mass is 32.2. The second-order valence-corrected chi connectivity index (χ2v) is 7.02. The Morgan fingerprint density at radius 2 is 1.92 bits per heavy atom. The van der Waals surface area contributed by atoms with Gasteiger partial charge in [-0.05, 0) is 56.2 Å². The van der Waals surface area contributed by atoms with E-state index in [-0.39, 0.29) is 10.8 Å². The molecule has 24 heavy (non-hydrogen) atoms. The first-order chi connectivity index (χ1) is 11.5. The molecule has 1 atom stereocenters. The van der Waals surface area contributed by atoms with E-state index in [2.05, 4.69) is 11.1 Å². The van der Waals surface area contributed by atoms with E-state index in [1.807, 2.05) is 50.2 Å². The molecule has 0 saturated heterocycles. The lowest BCUT2D eigenvalue weighted by atomic mass is 10.1. The Morgan fingerprint density at radius 3 is 2.62 bits per heavy atom. The maximum atomic E-state index is 13.0. The summed E-state index contributed by atoms with van der Waals surface area (Å²) in [6, 6.07) is 15.4. The van der Waals surface area contributed by atoms with Crippen LogP contribution in [0, 0.1) is 25.2 Å². The van der Waals surface area contributed by atoms with Crippen LogP contribution in [0.25, 0.3) is 16.6 Å². The minimum absolute atomic E-state index is 0.114. The molecule has 1 heterocycles. The molecule has 2 aromatic carbocycles. The lowest BCUT2D eigenvalue weighted by Gasteiger charge is -2.15. The van der Waals surface area contributed by atoms with E-state index in [9.17, 15) is 4.79 Å². The van der Waals surface area contributed by atoms with Gasteiger partial charge in [0.1, 0.15) is 0 Å². The number of benzene rings is 2. The summed E-state index contributed by atoms with van der Waals surface area (Å²) in [5.74, 6) is 0. The van der Waals surface area contributed by atoms with Crippen LogP contribution in [0.4, 0.5) is 0 Å². The molecule has 120 valence electrons. The summed E-state index contributed by atoms with van der Waals surface area (Å²) < 4.78 is 1.60. The molecule has 0 aliphatic heterocycles. The fraction of sp³-hybridized carbons (Fsp3) is 0.211. The Balaban J connectivity index is 2.32. The van der Waals surface area contributed by atoms with Gasteiger partial charge in [-0.1, -0.05) is 30.0 Å². The zero-order valence-electron chi connectivity index (χ0n) is 13.8. The van der Waals surface area contributed by atoms with Crippen molar-refractivity contribution in [1.29, 1.82) is 5.26 Å². The van der Waals surface area contributed by atoms with Crippen LogP contribution in [0.1, 0.15) is 18.1 Å². The number of nitriles is 1. The number of aromatic nitrogens is 2. The minimum atomic E-state index is -0.296. The van der Waals surface area contributed by atoms with Crippen molar-refractivity contribution < 1.29 is 0 Å². The first kappa shape index (κ1) is 16.3. The van der Waals surface area contributed by atoms with Crippen LogP contribution in [0.5, 0.6) is 0 Å². The van der Waals surface area contributed by atoms with Gasteiger partial charge in [0.05, 0.1) is 27.9 Å².